The molecule has 1 aliphatic rings. The van der Waals surface area contributed by atoms with Gasteiger partial charge >= 0.3 is 5.97 Å². The minimum Gasteiger partial charge on any atom is -0.491 e. The summed E-state index contributed by atoms with van der Waals surface area (Å²) in [5.74, 6) is 0.287. The second kappa shape index (κ2) is 11.1. The summed E-state index contributed by atoms with van der Waals surface area (Å²) in [4.78, 5) is 39.8. The molecule has 196 valence electrons. The van der Waals surface area contributed by atoms with Crippen molar-refractivity contribution in [1.29, 1.82) is 0 Å². The smallest absolute Gasteiger partial charge is 0.344 e. The quantitative estimate of drug-likeness (QED) is 0.121. The zero-order valence-electron chi connectivity index (χ0n) is 21.3. The zero-order chi connectivity index (χ0) is 27.5. The first-order valence-electron chi connectivity index (χ1n) is 12.7. The van der Waals surface area contributed by atoms with E-state index in [1.54, 1.807) is 36.4 Å². The molecule has 0 spiro atoms. The highest BCUT2D eigenvalue weighted by molar-refractivity contribution is 8.18. The van der Waals surface area contributed by atoms with E-state index in [-0.39, 0.29) is 24.3 Å². The number of imide groups is 1. The van der Waals surface area contributed by atoms with Gasteiger partial charge in [-0.25, -0.2) is 4.79 Å². The summed E-state index contributed by atoms with van der Waals surface area (Å²) in [6.45, 7) is 0.338. The highest BCUT2D eigenvalue weighted by Crippen LogP contribution is 2.33. The van der Waals surface area contributed by atoms with Crippen molar-refractivity contribution in [2.24, 2.45) is 0 Å². The second-order valence-corrected chi connectivity index (χ2v) is 10.1. The number of rotatable bonds is 7. The van der Waals surface area contributed by atoms with Crippen LogP contribution in [-0.2, 0) is 4.79 Å². The van der Waals surface area contributed by atoms with Crippen molar-refractivity contribution in [3.63, 3.8) is 0 Å². The fraction of sp³-hybridized carbons (Fsp3) is 0.0606. The topological polar surface area (TPSA) is 72.9 Å². The van der Waals surface area contributed by atoms with Crippen LogP contribution in [0.5, 0.6) is 11.5 Å². The van der Waals surface area contributed by atoms with Gasteiger partial charge in [0.2, 0.25) is 0 Å². The molecule has 1 heterocycles. The number of carbonyl (C=O) groups excluding carboxylic acids is 3. The molecule has 2 amide bonds. The maximum atomic E-state index is 12.9. The summed E-state index contributed by atoms with van der Waals surface area (Å²) < 4.78 is 11.5. The molecule has 5 aromatic rings. The first-order chi connectivity index (χ1) is 19.6. The Hall–Kier alpha value is -4.88. The predicted molar refractivity (Wildman–Crippen MR) is 157 cm³/mol. The van der Waals surface area contributed by atoms with Crippen LogP contribution >= 0.6 is 11.8 Å². The van der Waals surface area contributed by atoms with E-state index < -0.39 is 5.97 Å². The van der Waals surface area contributed by atoms with Crippen LogP contribution in [0.1, 0.15) is 15.9 Å². The largest absolute Gasteiger partial charge is 0.491 e. The minimum absolute atomic E-state index is 0.147. The lowest BCUT2D eigenvalue weighted by atomic mass is 10.0. The van der Waals surface area contributed by atoms with E-state index >= 15 is 0 Å². The van der Waals surface area contributed by atoms with E-state index in [1.807, 2.05) is 78.9 Å². The molecule has 5 aromatic carbocycles. The van der Waals surface area contributed by atoms with Crippen LogP contribution in [0.25, 0.3) is 27.6 Å². The Kier molecular flexibility index (Phi) is 7.04. The van der Waals surface area contributed by atoms with Gasteiger partial charge in [-0.3, -0.25) is 14.5 Å². The Bertz CT molecular complexity index is 1780. The highest BCUT2D eigenvalue weighted by Gasteiger charge is 2.34. The van der Waals surface area contributed by atoms with E-state index in [9.17, 15) is 14.4 Å². The Labute approximate surface area is 234 Å². The van der Waals surface area contributed by atoms with E-state index in [2.05, 4.69) is 0 Å². The molecule has 0 aromatic heterocycles. The van der Waals surface area contributed by atoms with Gasteiger partial charge in [0.25, 0.3) is 11.1 Å². The summed E-state index contributed by atoms with van der Waals surface area (Å²) in [6.07, 6.45) is 1.66. The van der Waals surface area contributed by atoms with Crippen molar-refractivity contribution in [2.75, 3.05) is 13.2 Å². The van der Waals surface area contributed by atoms with Crippen LogP contribution in [0, 0.1) is 0 Å². The number of ether oxygens (including phenoxy) is 2. The monoisotopic (exact) mass is 545 g/mol. The molecule has 6 nitrogen and oxygen atoms in total. The van der Waals surface area contributed by atoms with Crippen LogP contribution in [-0.4, -0.2) is 35.2 Å². The molecular formula is C33H23NO5S. The van der Waals surface area contributed by atoms with Crippen molar-refractivity contribution >= 4 is 56.5 Å². The van der Waals surface area contributed by atoms with Gasteiger partial charge in [0.15, 0.2) is 0 Å². The molecule has 0 N–H and O–H groups in total. The third-order valence-electron chi connectivity index (χ3n) is 6.59. The normalized spacial score (nSPS) is 14.3. The number of amides is 2. The Morgan fingerprint density at radius 1 is 0.750 bits per heavy atom. The van der Waals surface area contributed by atoms with Gasteiger partial charge in [-0.1, -0.05) is 84.9 Å². The molecule has 0 unspecified atom stereocenters. The molecule has 0 aliphatic carbocycles. The number of fused-ring (bicyclic) bond motifs is 2. The molecule has 40 heavy (non-hydrogen) atoms. The van der Waals surface area contributed by atoms with Crippen LogP contribution in [0.4, 0.5) is 4.79 Å². The molecule has 0 radical (unpaired) electrons. The van der Waals surface area contributed by atoms with Gasteiger partial charge < -0.3 is 9.47 Å². The number of esters is 1. The van der Waals surface area contributed by atoms with Gasteiger partial charge in [-0.2, -0.15) is 0 Å². The van der Waals surface area contributed by atoms with Crippen molar-refractivity contribution < 1.29 is 23.9 Å². The molecule has 1 aliphatic heterocycles. The number of nitrogens with zero attached hydrogens (tertiary/aromatic N) is 1. The van der Waals surface area contributed by atoms with Crippen molar-refractivity contribution in [3.8, 4) is 11.5 Å². The maximum Gasteiger partial charge on any atom is 0.344 e. The average Bonchev–Trinajstić information content (AvgIpc) is 3.25. The van der Waals surface area contributed by atoms with Crippen LogP contribution in [0.2, 0.25) is 0 Å². The lowest BCUT2D eigenvalue weighted by molar-refractivity contribution is -0.123. The Morgan fingerprint density at radius 3 is 2.17 bits per heavy atom. The summed E-state index contributed by atoms with van der Waals surface area (Å²) in [5, 5.41) is 3.48. The number of hydrogen-bond donors (Lipinski definition) is 0. The molecule has 0 saturated carbocycles. The lowest BCUT2D eigenvalue weighted by Gasteiger charge is -2.14. The first kappa shape index (κ1) is 25.4. The Morgan fingerprint density at radius 2 is 1.40 bits per heavy atom. The van der Waals surface area contributed by atoms with Gasteiger partial charge in [0.05, 0.1) is 17.0 Å². The number of thioether (sulfide) groups is 1. The van der Waals surface area contributed by atoms with Gasteiger partial charge in [-0.05, 0) is 63.8 Å². The molecule has 6 rings (SSSR count). The van der Waals surface area contributed by atoms with Crippen LogP contribution in [0.15, 0.2) is 114 Å². The van der Waals surface area contributed by atoms with Crippen molar-refractivity contribution in [1.82, 2.24) is 4.90 Å². The maximum absolute atomic E-state index is 12.9. The zero-order valence-corrected chi connectivity index (χ0v) is 22.1. The summed E-state index contributed by atoms with van der Waals surface area (Å²) in [7, 11) is 0. The fourth-order valence-corrected chi connectivity index (χ4v) is 5.48. The van der Waals surface area contributed by atoms with Crippen molar-refractivity contribution in [2.45, 2.75) is 0 Å². The predicted octanol–water partition coefficient (Wildman–Crippen LogP) is 7.33. The fourth-order valence-electron chi connectivity index (χ4n) is 4.61. The number of benzene rings is 5. The summed E-state index contributed by atoms with van der Waals surface area (Å²) in [6, 6.07) is 33.6. The van der Waals surface area contributed by atoms with Crippen molar-refractivity contribution in [3.05, 3.63) is 125 Å². The van der Waals surface area contributed by atoms with E-state index in [0.717, 1.165) is 33.3 Å². The summed E-state index contributed by atoms with van der Waals surface area (Å²) in [5.41, 5.74) is 1.20. The molecule has 0 atom stereocenters. The average molecular weight is 546 g/mol. The first-order valence-corrected chi connectivity index (χ1v) is 13.5. The highest BCUT2D eigenvalue weighted by atomic mass is 32.2. The third-order valence-corrected chi connectivity index (χ3v) is 7.50. The molecule has 0 bridgehead atoms. The Balaban J connectivity index is 1.09. The van der Waals surface area contributed by atoms with Gasteiger partial charge in [0.1, 0.15) is 18.1 Å². The molecule has 7 heteroatoms. The number of hydrogen-bond acceptors (Lipinski definition) is 6. The SMILES string of the molecule is O=C(Oc1ccc(/C=C2\SC(=O)N(CCOc3cccc4ccccc34)C2=O)cc1)c1cccc2ccccc12. The van der Waals surface area contributed by atoms with Gasteiger partial charge in [-0.15, -0.1) is 0 Å². The van der Waals surface area contributed by atoms with E-state index in [4.69, 9.17) is 9.47 Å². The van der Waals surface area contributed by atoms with E-state index in [0.29, 0.717) is 27.5 Å². The standard InChI is InChI=1S/C33H23NO5S/c35-31-30(40-33(37)34(31)19-20-38-29-14-6-10-24-8-2-4-12-27(24)29)21-22-15-17-25(18-16-22)39-32(36)28-13-5-9-23-7-1-3-11-26(23)28/h1-18,21H,19-20H2/b30-21-. The molecule has 1 saturated heterocycles. The van der Waals surface area contributed by atoms with Gasteiger partial charge in [0, 0.05) is 5.39 Å². The lowest BCUT2D eigenvalue weighted by Crippen LogP contribution is -2.32. The number of carbonyl (C=O) groups is 3. The molecule has 1 fully saturated rings. The minimum atomic E-state index is -0.448. The summed E-state index contributed by atoms with van der Waals surface area (Å²) >= 11 is 0.896. The molecular weight excluding hydrogens is 522 g/mol. The van der Waals surface area contributed by atoms with Crippen LogP contribution in [0.3, 0.4) is 0 Å². The van der Waals surface area contributed by atoms with E-state index in [1.165, 1.54) is 4.90 Å². The second-order valence-electron chi connectivity index (χ2n) is 9.14. The van der Waals surface area contributed by atoms with Crippen LogP contribution < -0.4 is 9.47 Å². The third kappa shape index (κ3) is 5.19.